The number of halogens is 1. The van der Waals surface area contributed by atoms with Crippen LogP contribution in [0.1, 0.15) is 30.1 Å². The molecule has 4 nitrogen and oxygen atoms in total. The minimum absolute atomic E-state index is 0.0517. The Morgan fingerprint density at radius 2 is 2.00 bits per heavy atom. The predicted octanol–water partition coefficient (Wildman–Crippen LogP) is 2.38. The van der Waals surface area contributed by atoms with Crippen LogP contribution in [0, 0.1) is 0 Å². The van der Waals surface area contributed by atoms with Crippen LogP contribution in [0.25, 0.3) is 0 Å². The van der Waals surface area contributed by atoms with Crippen molar-refractivity contribution >= 4 is 40.4 Å². The van der Waals surface area contributed by atoms with Gasteiger partial charge < -0.3 is 10.6 Å². The average molecular weight is 345 g/mol. The second kappa shape index (κ2) is 8.22. The summed E-state index contributed by atoms with van der Waals surface area (Å²) in [6.07, 6.45) is 1.18. The minimum atomic E-state index is -0.217. The highest BCUT2D eigenvalue weighted by Crippen LogP contribution is 2.19. The summed E-state index contributed by atoms with van der Waals surface area (Å²) in [5.41, 5.74) is 0.515. The van der Waals surface area contributed by atoms with Crippen LogP contribution in [-0.2, 0) is 4.79 Å². The summed E-state index contributed by atoms with van der Waals surface area (Å²) < 4.78 is 0.707. The van der Waals surface area contributed by atoms with Gasteiger partial charge in [0.25, 0.3) is 5.91 Å². The maximum atomic E-state index is 11.9. The maximum absolute atomic E-state index is 11.9. The largest absolute Gasteiger partial charge is 0.356 e. The van der Waals surface area contributed by atoms with Crippen molar-refractivity contribution in [2.75, 3.05) is 13.1 Å². The number of amides is 2. The van der Waals surface area contributed by atoms with Crippen LogP contribution >= 0.6 is 28.6 Å². The zero-order valence-electron chi connectivity index (χ0n) is 10.7. The highest BCUT2D eigenvalue weighted by Gasteiger charge is 2.10. The molecule has 0 saturated carbocycles. The van der Waals surface area contributed by atoms with Gasteiger partial charge in [-0.2, -0.15) is 0 Å². The standard InChI is InChI=1S/C13H17BrN2O2S/c1-2-6-15-12(17)5-7-16-13(18)10-8-9(19)3-4-11(10)14/h3-4,8,19H,2,5-7H2,1H3,(H,15,17)(H,16,18). The number of hydrogen-bond acceptors (Lipinski definition) is 3. The van der Waals surface area contributed by atoms with Crippen molar-refractivity contribution in [3.05, 3.63) is 28.2 Å². The third-order valence-electron chi connectivity index (χ3n) is 2.40. The molecule has 0 aromatic heterocycles. The van der Waals surface area contributed by atoms with Gasteiger partial charge in [0.1, 0.15) is 0 Å². The summed E-state index contributed by atoms with van der Waals surface area (Å²) in [6.45, 7) is 2.97. The summed E-state index contributed by atoms with van der Waals surface area (Å²) in [4.78, 5) is 24.0. The fourth-order valence-corrected chi connectivity index (χ4v) is 2.06. The minimum Gasteiger partial charge on any atom is -0.356 e. The lowest BCUT2D eigenvalue weighted by molar-refractivity contribution is -0.120. The summed E-state index contributed by atoms with van der Waals surface area (Å²) in [6, 6.07) is 5.24. The van der Waals surface area contributed by atoms with Gasteiger partial charge >= 0.3 is 0 Å². The van der Waals surface area contributed by atoms with Crippen LogP contribution in [0.5, 0.6) is 0 Å². The Hall–Kier alpha value is -1.01. The molecule has 0 spiro atoms. The van der Waals surface area contributed by atoms with Crippen molar-refractivity contribution in [1.29, 1.82) is 0 Å². The Morgan fingerprint density at radius 3 is 2.68 bits per heavy atom. The topological polar surface area (TPSA) is 58.2 Å². The van der Waals surface area contributed by atoms with Crippen LogP contribution in [0.15, 0.2) is 27.6 Å². The summed E-state index contributed by atoms with van der Waals surface area (Å²) in [5, 5.41) is 5.47. The molecule has 0 saturated heterocycles. The quantitative estimate of drug-likeness (QED) is 0.694. The number of carbonyl (C=O) groups is 2. The van der Waals surface area contributed by atoms with E-state index in [4.69, 9.17) is 0 Å². The van der Waals surface area contributed by atoms with Crippen molar-refractivity contribution in [3.63, 3.8) is 0 Å². The molecule has 0 bridgehead atoms. The number of rotatable bonds is 6. The third-order valence-corrected chi connectivity index (χ3v) is 3.37. The van der Waals surface area contributed by atoms with Gasteiger partial charge in [-0.1, -0.05) is 6.92 Å². The molecule has 6 heteroatoms. The van der Waals surface area contributed by atoms with Crippen LogP contribution in [0.4, 0.5) is 0 Å². The summed E-state index contributed by atoms with van der Waals surface area (Å²) in [5.74, 6) is -0.268. The highest BCUT2D eigenvalue weighted by molar-refractivity contribution is 9.10. The molecular formula is C13H17BrN2O2S. The van der Waals surface area contributed by atoms with E-state index in [9.17, 15) is 9.59 Å². The van der Waals surface area contributed by atoms with E-state index in [1.54, 1.807) is 18.2 Å². The lowest BCUT2D eigenvalue weighted by Crippen LogP contribution is -2.31. The van der Waals surface area contributed by atoms with E-state index in [1.807, 2.05) is 6.92 Å². The normalized spacial score (nSPS) is 10.1. The Balaban J connectivity index is 2.43. The van der Waals surface area contributed by atoms with Crippen molar-refractivity contribution in [3.8, 4) is 0 Å². The molecule has 0 unspecified atom stereocenters. The van der Waals surface area contributed by atoms with Crippen LogP contribution in [0.2, 0.25) is 0 Å². The van der Waals surface area contributed by atoms with Crippen molar-refractivity contribution in [2.24, 2.45) is 0 Å². The van der Waals surface area contributed by atoms with Crippen LogP contribution in [0.3, 0.4) is 0 Å². The summed E-state index contributed by atoms with van der Waals surface area (Å²) in [7, 11) is 0. The van der Waals surface area contributed by atoms with Gasteiger partial charge in [0.05, 0.1) is 5.56 Å². The van der Waals surface area contributed by atoms with Crippen molar-refractivity contribution in [1.82, 2.24) is 10.6 Å². The molecule has 2 amide bonds. The number of thiol groups is 1. The molecule has 0 aliphatic heterocycles. The second-order valence-corrected chi connectivity index (χ2v) is 5.39. The number of hydrogen-bond donors (Lipinski definition) is 3. The summed E-state index contributed by atoms with van der Waals surface area (Å²) >= 11 is 7.51. The van der Waals surface area contributed by atoms with Crippen molar-refractivity contribution in [2.45, 2.75) is 24.7 Å². The lowest BCUT2D eigenvalue weighted by Gasteiger charge is -2.08. The Kier molecular flexibility index (Phi) is 6.94. The van der Waals surface area contributed by atoms with Gasteiger partial charge in [-0.3, -0.25) is 9.59 Å². The first kappa shape index (κ1) is 16.0. The van der Waals surface area contributed by atoms with Gasteiger partial charge in [-0.15, -0.1) is 12.6 Å². The molecule has 104 valence electrons. The van der Waals surface area contributed by atoms with Gasteiger partial charge in [-0.05, 0) is 40.5 Å². The van der Waals surface area contributed by atoms with E-state index in [1.165, 1.54) is 0 Å². The molecule has 1 aromatic carbocycles. The molecule has 1 aromatic rings. The zero-order chi connectivity index (χ0) is 14.3. The first-order valence-electron chi connectivity index (χ1n) is 6.08. The first-order chi connectivity index (χ1) is 9.04. The van der Waals surface area contributed by atoms with E-state index < -0.39 is 0 Å². The van der Waals surface area contributed by atoms with E-state index in [0.717, 1.165) is 6.42 Å². The Labute approximate surface area is 126 Å². The smallest absolute Gasteiger partial charge is 0.252 e. The van der Waals surface area contributed by atoms with Gasteiger partial charge in [0.15, 0.2) is 0 Å². The molecule has 1 rings (SSSR count). The SMILES string of the molecule is CCCNC(=O)CCNC(=O)c1cc(S)ccc1Br. The van der Waals surface area contributed by atoms with E-state index in [0.29, 0.717) is 28.0 Å². The predicted molar refractivity (Wildman–Crippen MR) is 81.6 cm³/mol. The third kappa shape index (κ3) is 5.65. The Morgan fingerprint density at radius 1 is 1.26 bits per heavy atom. The number of nitrogens with one attached hydrogen (secondary N) is 2. The fourth-order valence-electron chi connectivity index (χ4n) is 1.42. The number of carbonyl (C=O) groups excluding carboxylic acids is 2. The molecule has 0 heterocycles. The van der Waals surface area contributed by atoms with Gasteiger partial charge in [-0.25, -0.2) is 0 Å². The molecule has 0 fully saturated rings. The lowest BCUT2D eigenvalue weighted by atomic mass is 10.2. The van der Waals surface area contributed by atoms with E-state index in [2.05, 4.69) is 39.2 Å². The van der Waals surface area contributed by atoms with E-state index >= 15 is 0 Å². The first-order valence-corrected chi connectivity index (χ1v) is 7.32. The van der Waals surface area contributed by atoms with Crippen molar-refractivity contribution < 1.29 is 9.59 Å². The molecular weight excluding hydrogens is 328 g/mol. The van der Waals surface area contributed by atoms with Crippen LogP contribution < -0.4 is 10.6 Å². The van der Waals surface area contributed by atoms with Crippen LogP contribution in [-0.4, -0.2) is 24.9 Å². The fraction of sp³-hybridized carbons (Fsp3) is 0.385. The molecule has 19 heavy (non-hydrogen) atoms. The molecule has 0 atom stereocenters. The second-order valence-electron chi connectivity index (χ2n) is 4.02. The Bertz CT molecular complexity index is 466. The monoisotopic (exact) mass is 344 g/mol. The van der Waals surface area contributed by atoms with Gasteiger partial charge in [0.2, 0.25) is 5.91 Å². The zero-order valence-corrected chi connectivity index (χ0v) is 13.2. The molecule has 2 N–H and O–H groups in total. The maximum Gasteiger partial charge on any atom is 0.252 e. The molecule has 0 radical (unpaired) electrons. The molecule has 0 aliphatic rings. The average Bonchev–Trinajstić information content (AvgIpc) is 2.39. The highest BCUT2D eigenvalue weighted by atomic mass is 79.9. The van der Waals surface area contributed by atoms with E-state index in [-0.39, 0.29) is 18.2 Å². The number of benzene rings is 1. The van der Waals surface area contributed by atoms with Gasteiger partial charge in [0, 0.05) is 28.9 Å². The molecule has 0 aliphatic carbocycles.